The van der Waals surface area contributed by atoms with Crippen LogP contribution in [0.4, 0.5) is 5.13 Å². The number of hydrogen-bond donors (Lipinski definition) is 2. The Morgan fingerprint density at radius 3 is 2.91 bits per heavy atom. The number of amides is 1. The van der Waals surface area contributed by atoms with Crippen molar-refractivity contribution in [2.24, 2.45) is 0 Å². The van der Waals surface area contributed by atoms with Crippen LogP contribution in [0.25, 0.3) is 16.7 Å². The Morgan fingerprint density at radius 2 is 2.06 bits per heavy atom. The summed E-state index contributed by atoms with van der Waals surface area (Å²) in [4.78, 5) is 35.1. The van der Waals surface area contributed by atoms with Crippen molar-refractivity contribution in [3.05, 3.63) is 87.2 Å². The van der Waals surface area contributed by atoms with Gasteiger partial charge in [0.05, 0.1) is 17.5 Å². The van der Waals surface area contributed by atoms with E-state index in [2.05, 4.69) is 15.3 Å². The molecule has 0 radical (unpaired) electrons. The lowest BCUT2D eigenvalue weighted by Gasteiger charge is -2.15. The molecule has 4 aromatic heterocycles. The molecule has 5 heterocycles. The van der Waals surface area contributed by atoms with Gasteiger partial charge in [-0.3, -0.25) is 24.7 Å². The normalized spacial score (nSPS) is 12.4. The van der Waals surface area contributed by atoms with Crippen LogP contribution in [0.1, 0.15) is 15.9 Å². The van der Waals surface area contributed by atoms with Crippen LogP contribution in [-0.4, -0.2) is 31.6 Å². The van der Waals surface area contributed by atoms with Crippen molar-refractivity contribution in [2.45, 2.75) is 6.54 Å². The van der Waals surface area contributed by atoms with Crippen molar-refractivity contribution < 1.29 is 14.3 Å². The molecule has 1 aliphatic rings. The van der Waals surface area contributed by atoms with Crippen molar-refractivity contribution in [2.75, 3.05) is 12.1 Å². The van der Waals surface area contributed by atoms with E-state index < -0.39 is 5.91 Å². The molecule has 34 heavy (non-hydrogen) atoms. The fourth-order valence-electron chi connectivity index (χ4n) is 3.89. The summed E-state index contributed by atoms with van der Waals surface area (Å²) in [5, 5.41) is 13.9. The molecule has 1 amide bonds. The summed E-state index contributed by atoms with van der Waals surface area (Å²) >= 11 is 1.26. The Labute approximate surface area is 195 Å². The number of fused-ring (bicyclic) bond motifs is 3. The summed E-state index contributed by atoms with van der Waals surface area (Å²) in [6.45, 7) is 0.342. The standard InChI is InChI=1S/C23H16N6O4S/c24-19-14(21(30)27-23-25-6-8-34-23)10-15-20(26-18-3-1-2-7-28(18)22(15)31)29(19)11-13-4-5-16-17(9-13)33-12-32-16/h1-10,24H,11-12H2,(H,25,27,30). The first kappa shape index (κ1) is 20.1. The predicted octanol–water partition coefficient (Wildman–Crippen LogP) is 2.61. The van der Waals surface area contributed by atoms with E-state index in [4.69, 9.17) is 14.9 Å². The molecule has 1 aromatic carbocycles. The van der Waals surface area contributed by atoms with Gasteiger partial charge in [-0.15, -0.1) is 11.3 Å². The van der Waals surface area contributed by atoms with E-state index in [0.29, 0.717) is 27.9 Å². The van der Waals surface area contributed by atoms with Crippen LogP contribution in [0.2, 0.25) is 0 Å². The molecular weight excluding hydrogens is 456 g/mol. The predicted molar refractivity (Wildman–Crippen MR) is 125 cm³/mol. The van der Waals surface area contributed by atoms with Gasteiger partial charge in [-0.25, -0.2) is 9.97 Å². The summed E-state index contributed by atoms with van der Waals surface area (Å²) < 4.78 is 13.8. The lowest BCUT2D eigenvalue weighted by Crippen LogP contribution is -2.32. The fourth-order valence-corrected chi connectivity index (χ4v) is 4.41. The number of rotatable bonds is 4. The molecule has 0 aliphatic carbocycles. The molecular formula is C23H16N6O4S. The Balaban J connectivity index is 1.57. The van der Waals surface area contributed by atoms with Gasteiger partial charge in [-0.05, 0) is 35.9 Å². The van der Waals surface area contributed by atoms with Gasteiger partial charge in [0.1, 0.15) is 16.8 Å². The minimum atomic E-state index is -0.529. The summed E-state index contributed by atoms with van der Waals surface area (Å²) in [5.41, 5.74) is 1.19. The van der Waals surface area contributed by atoms with Gasteiger partial charge in [-0.1, -0.05) is 12.1 Å². The molecule has 0 saturated carbocycles. The van der Waals surface area contributed by atoms with Crippen molar-refractivity contribution in [1.29, 1.82) is 5.41 Å². The topological polar surface area (TPSA) is 124 Å². The Morgan fingerprint density at radius 1 is 1.18 bits per heavy atom. The lowest BCUT2D eigenvalue weighted by atomic mass is 10.1. The zero-order chi connectivity index (χ0) is 23.2. The Bertz CT molecular complexity index is 1710. The number of carbonyl (C=O) groups is 1. The van der Waals surface area contributed by atoms with E-state index >= 15 is 0 Å². The first-order valence-corrected chi connectivity index (χ1v) is 11.2. The molecule has 1 aliphatic heterocycles. The number of nitrogens with one attached hydrogen (secondary N) is 2. The number of anilines is 1. The number of carbonyl (C=O) groups excluding carboxylic acids is 1. The van der Waals surface area contributed by atoms with E-state index in [-0.39, 0.29) is 35.3 Å². The minimum Gasteiger partial charge on any atom is -0.454 e. The van der Waals surface area contributed by atoms with E-state index in [9.17, 15) is 9.59 Å². The van der Waals surface area contributed by atoms with E-state index in [1.807, 2.05) is 12.1 Å². The highest BCUT2D eigenvalue weighted by Crippen LogP contribution is 2.32. The van der Waals surface area contributed by atoms with Gasteiger partial charge in [0.25, 0.3) is 11.5 Å². The van der Waals surface area contributed by atoms with Crippen LogP contribution in [0.5, 0.6) is 11.5 Å². The van der Waals surface area contributed by atoms with Crippen LogP contribution in [-0.2, 0) is 6.54 Å². The largest absolute Gasteiger partial charge is 0.454 e. The maximum Gasteiger partial charge on any atom is 0.267 e. The molecule has 11 heteroatoms. The van der Waals surface area contributed by atoms with E-state index in [1.54, 1.807) is 46.6 Å². The van der Waals surface area contributed by atoms with Gasteiger partial charge in [-0.2, -0.15) is 0 Å². The van der Waals surface area contributed by atoms with Crippen molar-refractivity contribution in [3.8, 4) is 11.5 Å². The molecule has 0 fully saturated rings. The zero-order valence-corrected chi connectivity index (χ0v) is 18.3. The highest BCUT2D eigenvalue weighted by Gasteiger charge is 2.20. The molecule has 0 unspecified atom stereocenters. The highest BCUT2D eigenvalue weighted by atomic mass is 32.1. The Hall–Kier alpha value is -4.51. The number of nitrogens with zero attached hydrogens (tertiary/aromatic N) is 4. The zero-order valence-electron chi connectivity index (χ0n) is 17.5. The summed E-state index contributed by atoms with van der Waals surface area (Å²) in [6.07, 6.45) is 3.20. The number of hydrogen-bond acceptors (Lipinski definition) is 8. The highest BCUT2D eigenvalue weighted by molar-refractivity contribution is 7.13. The van der Waals surface area contributed by atoms with Gasteiger partial charge in [0, 0.05) is 17.8 Å². The number of pyridine rings is 2. The van der Waals surface area contributed by atoms with Crippen LogP contribution >= 0.6 is 11.3 Å². The van der Waals surface area contributed by atoms with Crippen LogP contribution < -0.4 is 25.8 Å². The SMILES string of the molecule is N=c1c(C(=O)Nc2nccs2)cc2c(=O)n3ccccc3nc2n1Cc1ccc2c(c1)OCO2. The van der Waals surface area contributed by atoms with E-state index in [0.717, 1.165) is 5.56 Å². The average Bonchev–Trinajstić information content (AvgIpc) is 3.53. The summed E-state index contributed by atoms with van der Waals surface area (Å²) in [5.74, 6) is 0.715. The monoisotopic (exact) mass is 472 g/mol. The van der Waals surface area contributed by atoms with Crippen molar-refractivity contribution in [1.82, 2.24) is 18.9 Å². The second kappa shape index (κ2) is 7.81. The van der Waals surface area contributed by atoms with Crippen LogP contribution in [0, 0.1) is 5.41 Å². The molecule has 6 rings (SSSR count). The maximum atomic E-state index is 13.3. The second-order valence-electron chi connectivity index (χ2n) is 7.55. The number of aromatic nitrogens is 4. The first-order chi connectivity index (χ1) is 16.6. The molecule has 0 bridgehead atoms. The third kappa shape index (κ3) is 3.30. The second-order valence-corrected chi connectivity index (χ2v) is 8.45. The third-order valence-corrected chi connectivity index (χ3v) is 6.18. The number of ether oxygens (including phenoxy) is 2. The Kier molecular flexibility index (Phi) is 4.62. The van der Waals surface area contributed by atoms with Gasteiger partial charge in [0.15, 0.2) is 16.6 Å². The first-order valence-electron chi connectivity index (χ1n) is 10.3. The van der Waals surface area contributed by atoms with Crippen LogP contribution in [0.15, 0.2) is 65.0 Å². The molecule has 5 aromatic rings. The fraction of sp³-hybridized carbons (Fsp3) is 0.0870. The van der Waals surface area contributed by atoms with Gasteiger partial charge >= 0.3 is 0 Å². The average molecular weight is 472 g/mol. The summed E-state index contributed by atoms with van der Waals surface area (Å²) in [7, 11) is 0. The smallest absolute Gasteiger partial charge is 0.267 e. The lowest BCUT2D eigenvalue weighted by molar-refractivity contribution is 0.102. The number of benzene rings is 1. The molecule has 2 N–H and O–H groups in total. The molecule has 0 saturated heterocycles. The van der Waals surface area contributed by atoms with Crippen LogP contribution in [0.3, 0.4) is 0 Å². The van der Waals surface area contributed by atoms with Gasteiger partial charge < -0.3 is 14.0 Å². The minimum absolute atomic E-state index is 0.0400. The maximum absolute atomic E-state index is 13.3. The quantitative estimate of drug-likeness (QED) is 0.388. The molecule has 168 valence electrons. The molecule has 0 atom stereocenters. The third-order valence-electron chi connectivity index (χ3n) is 5.49. The summed E-state index contributed by atoms with van der Waals surface area (Å²) in [6, 6.07) is 12.1. The van der Waals surface area contributed by atoms with Gasteiger partial charge in [0.2, 0.25) is 6.79 Å². The number of thiazole rings is 1. The van der Waals surface area contributed by atoms with Crippen molar-refractivity contribution in [3.63, 3.8) is 0 Å². The van der Waals surface area contributed by atoms with Crippen molar-refractivity contribution >= 4 is 39.1 Å². The molecule has 0 spiro atoms. The van der Waals surface area contributed by atoms with E-state index in [1.165, 1.54) is 21.8 Å². The molecule has 10 nitrogen and oxygen atoms in total.